The van der Waals surface area contributed by atoms with E-state index in [0.717, 1.165) is 25.1 Å². The van der Waals surface area contributed by atoms with Crippen molar-refractivity contribution in [3.05, 3.63) is 31.9 Å². The van der Waals surface area contributed by atoms with Gasteiger partial charge in [-0.3, -0.25) is 10.1 Å². The molecule has 1 aromatic carbocycles. The van der Waals surface area contributed by atoms with Gasteiger partial charge in [0.25, 0.3) is 5.69 Å². The fourth-order valence-electron chi connectivity index (χ4n) is 2.11. The van der Waals surface area contributed by atoms with Crippen molar-refractivity contribution in [2.45, 2.75) is 31.9 Å². The maximum Gasteiger partial charge on any atom is 0.282 e. The Morgan fingerprint density at radius 1 is 1.56 bits per heavy atom. The third-order valence-corrected chi connectivity index (χ3v) is 3.86. The largest absolute Gasteiger partial charge is 0.382 e. The van der Waals surface area contributed by atoms with E-state index in [9.17, 15) is 10.1 Å². The van der Waals surface area contributed by atoms with Crippen LogP contribution in [0.5, 0.6) is 0 Å². The molecule has 18 heavy (non-hydrogen) atoms. The molecule has 2 atom stereocenters. The highest BCUT2D eigenvalue weighted by atomic mass is 127. The topological polar surface area (TPSA) is 64.4 Å². The van der Waals surface area contributed by atoms with Crippen LogP contribution in [-0.4, -0.2) is 23.7 Å². The highest BCUT2D eigenvalue weighted by Crippen LogP contribution is 2.26. The average Bonchev–Trinajstić information content (AvgIpc) is 2.28. The van der Waals surface area contributed by atoms with Gasteiger partial charge in [0.2, 0.25) is 0 Å². The number of halogens is 1. The Labute approximate surface area is 119 Å². The molecule has 0 aromatic heterocycles. The number of benzene rings is 1. The van der Waals surface area contributed by atoms with Gasteiger partial charge in [0, 0.05) is 24.4 Å². The molecule has 0 radical (unpaired) electrons. The molecular weight excluding hydrogens is 347 g/mol. The van der Waals surface area contributed by atoms with Gasteiger partial charge in [-0.25, -0.2) is 0 Å². The number of rotatable bonds is 3. The van der Waals surface area contributed by atoms with Gasteiger partial charge in [-0.05, 0) is 54.5 Å². The van der Waals surface area contributed by atoms with E-state index < -0.39 is 0 Å². The van der Waals surface area contributed by atoms with Crippen molar-refractivity contribution in [2.24, 2.45) is 0 Å². The third kappa shape index (κ3) is 3.32. The van der Waals surface area contributed by atoms with Crippen LogP contribution in [0.3, 0.4) is 0 Å². The van der Waals surface area contributed by atoms with Crippen LogP contribution in [0.2, 0.25) is 0 Å². The zero-order chi connectivity index (χ0) is 13.1. The number of nitrogens with one attached hydrogen (secondary N) is 1. The maximum absolute atomic E-state index is 10.7. The number of anilines is 1. The van der Waals surface area contributed by atoms with Gasteiger partial charge in [0.15, 0.2) is 0 Å². The van der Waals surface area contributed by atoms with Crippen LogP contribution in [0, 0.1) is 13.7 Å². The van der Waals surface area contributed by atoms with Crippen LogP contribution in [0.4, 0.5) is 11.4 Å². The van der Waals surface area contributed by atoms with Gasteiger partial charge >= 0.3 is 0 Å². The molecule has 1 aliphatic rings. The van der Waals surface area contributed by atoms with Crippen molar-refractivity contribution in [3.63, 3.8) is 0 Å². The summed E-state index contributed by atoms with van der Waals surface area (Å²) in [6.45, 7) is 2.83. The van der Waals surface area contributed by atoms with Crippen LogP contribution < -0.4 is 5.32 Å². The Kier molecular flexibility index (Phi) is 4.39. The van der Waals surface area contributed by atoms with Crippen LogP contribution in [-0.2, 0) is 4.74 Å². The van der Waals surface area contributed by atoms with Crippen LogP contribution in [0.15, 0.2) is 18.2 Å². The summed E-state index contributed by atoms with van der Waals surface area (Å²) in [5, 5.41) is 14.1. The fraction of sp³-hybridized carbons (Fsp3) is 0.500. The zero-order valence-corrected chi connectivity index (χ0v) is 12.2. The third-order valence-electron chi connectivity index (χ3n) is 3.00. The Bertz CT molecular complexity index is 453. The Morgan fingerprint density at radius 2 is 2.33 bits per heavy atom. The van der Waals surface area contributed by atoms with Gasteiger partial charge in [-0.1, -0.05) is 0 Å². The van der Waals surface area contributed by atoms with Crippen molar-refractivity contribution in [3.8, 4) is 0 Å². The molecule has 1 aliphatic heterocycles. The molecule has 1 heterocycles. The second kappa shape index (κ2) is 5.83. The first-order chi connectivity index (χ1) is 8.56. The number of nitrogens with zero attached hydrogens (tertiary/aromatic N) is 1. The number of hydrogen-bond donors (Lipinski definition) is 1. The van der Waals surface area contributed by atoms with Crippen molar-refractivity contribution in [2.75, 3.05) is 11.9 Å². The van der Waals surface area contributed by atoms with Crippen molar-refractivity contribution < 1.29 is 9.66 Å². The Balaban J connectivity index is 2.05. The molecule has 2 rings (SSSR count). The van der Waals surface area contributed by atoms with Crippen molar-refractivity contribution >= 4 is 34.0 Å². The molecule has 0 aliphatic carbocycles. The highest BCUT2D eigenvalue weighted by Gasteiger charge is 2.20. The zero-order valence-electron chi connectivity index (χ0n) is 10.1. The minimum absolute atomic E-state index is 0.154. The number of ether oxygens (including phenoxy) is 1. The van der Waals surface area contributed by atoms with Gasteiger partial charge in [0.05, 0.1) is 14.6 Å². The smallest absolute Gasteiger partial charge is 0.282 e. The normalized spacial score (nSPS) is 23.7. The molecule has 1 N–H and O–H groups in total. The lowest BCUT2D eigenvalue weighted by molar-refractivity contribution is -0.385. The lowest BCUT2D eigenvalue weighted by Crippen LogP contribution is -2.32. The van der Waals surface area contributed by atoms with Gasteiger partial charge < -0.3 is 10.1 Å². The summed E-state index contributed by atoms with van der Waals surface area (Å²) < 4.78 is 6.14. The van der Waals surface area contributed by atoms with E-state index in [2.05, 4.69) is 12.2 Å². The molecule has 1 fully saturated rings. The Morgan fingerprint density at radius 3 is 2.94 bits per heavy atom. The highest BCUT2D eigenvalue weighted by molar-refractivity contribution is 14.1. The lowest BCUT2D eigenvalue weighted by atomic mass is 10.0. The number of nitro benzene ring substituents is 1. The van der Waals surface area contributed by atoms with E-state index in [1.807, 2.05) is 28.7 Å². The molecule has 0 spiro atoms. The standard InChI is InChI=1S/C12H15IN2O3/c1-8-6-10(4-5-18-8)14-9-2-3-12(15(16)17)11(13)7-9/h2-3,7-8,10,14H,4-6H2,1H3. The van der Waals surface area contributed by atoms with E-state index in [1.165, 1.54) is 0 Å². The van der Waals surface area contributed by atoms with Crippen molar-refractivity contribution in [1.29, 1.82) is 0 Å². The molecule has 0 amide bonds. The summed E-state index contributed by atoms with van der Waals surface area (Å²) in [7, 11) is 0. The molecule has 1 saturated heterocycles. The summed E-state index contributed by atoms with van der Waals surface area (Å²) in [6, 6.07) is 5.51. The molecular formula is C12H15IN2O3. The second-order valence-corrected chi connectivity index (χ2v) is 5.63. The number of hydrogen-bond acceptors (Lipinski definition) is 4. The molecule has 2 unspecified atom stereocenters. The van der Waals surface area contributed by atoms with Crippen LogP contribution >= 0.6 is 22.6 Å². The van der Waals surface area contributed by atoms with Gasteiger partial charge in [-0.2, -0.15) is 0 Å². The predicted molar refractivity (Wildman–Crippen MR) is 77.9 cm³/mol. The van der Waals surface area contributed by atoms with Gasteiger partial charge in [0.1, 0.15) is 0 Å². The summed E-state index contributed by atoms with van der Waals surface area (Å²) in [5.74, 6) is 0. The quantitative estimate of drug-likeness (QED) is 0.510. The molecule has 1 aromatic rings. The van der Waals surface area contributed by atoms with E-state index in [4.69, 9.17) is 4.74 Å². The van der Waals surface area contributed by atoms with E-state index in [1.54, 1.807) is 12.1 Å². The first-order valence-electron chi connectivity index (χ1n) is 5.88. The molecule has 5 nitrogen and oxygen atoms in total. The Hall–Kier alpha value is -0.890. The first-order valence-corrected chi connectivity index (χ1v) is 6.96. The molecule has 0 saturated carbocycles. The summed E-state index contributed by atoms with van der Waals surface area (Å²) in [6.07, 6.45) is 2.21. The van der Waals surface area contributed by atoms with Crippen LogP contribution in [0.1, 0.15) is 19.8 Å². The predicted octanol–water partition coefficient (Wildman–Crippen LogP) is 3.18. The minimum atomic E-state index is -0.359. The molecule has 98 valence electrons. The average molecular weight is 362 g/mol. The monoisotopic (exact) mass is 362 g/mol. The van der Waals surface area contributed by atoms with E-state index in [0.29, 0.717) is 9.61 Å². The lowest BCUT2D eigenvalue weighted by Gasteiger charge is -2.28. The fourth-order valence-corrected chi connectivity index (χ4v) is 2.82. The SMILES string of the molecule is CC1CC(Nc2ccc([N+](=O)[O-])c(I)c2)CCO1. The van der Waals surface area contributed by atoms with E-state index >= 15 is 0 Å². The summed E-state index contributed by atoms with van der Waals surface area (Å²) in [5.41, 5.74) is 1.09. The summed E-state index contributed by atoms with van der Waals surface area (Å²) >= 11 is 1.99. The van der Waals surface area contributed by atoms with Crippen molar-refractivity contribution in [1.82, 2.24) is 0 Å². The maximum atomic E-state index is 10.7. The van der Waals surface area contributed by atoms with Crippen LogP contribution in [0.25, 0.3) is 0 Å². The summed E-state index contributed by atoms with van der Waals surface area (Å²) in [4.78, 5) is 10.4. The van der Waals surface area contributed by atoms with E-state index in [-0.39, 0.29) is 16.7 Å². The molecule has 0 bridgehead atoms. The minimum Gasteiger partial charge on any atom is -0.382 e. The van der Waals surface area contributed by atoms with Gasteiger partial charge in [-0.15, -0.1) is 0 Å². The first kappa shape index (κ1) is 13.5. The molecule has 6 heteroatoms. The second-order valence-electron chi connectivity index (χ2n) is 4.47. The number of nitro groups is 1.